The molecular weight excluding hydrogens is 272 g/mol. The zero-order valence-corrected chi connectivity index (χ0v) is 12.6. The number of alkyl halides is 2. The smallest absolute Gasteiger partial charge is 0.411 e. The van der Waals surface area contributed by atoms with Gasteiger partial charge >= 0.3 is 12.1 Å². The zero-order chi connectivity index (χ0) is 15.9. The highest BCUT2D eigenvalue weighted by Crippen LogP contribution is 2.47. The Morgan fingerprint density at radius 3 is 2.20 bits per heavy atom. The average molecular weight is 293 g/mol. The molecule has 1 fully saturated rings. The van der Waals surface area contributed by atoms with E-state index >= 15 is 0 Å². The Bertz CT molecular complexity index is 419. The molecule has 20 heavy (non-hydrogen) atoms. The van der Waals surface area contributed by atoms with E-state index in [1.807, 2.05) is 0 Å². The second kappa shape index (κ2) is 4.86. The van der Waals surface area contributed by atoms with Crippen LogP contribution in [0.1, 0.15) is 34.6 Å². The molecule has 2 atom stereocenters. The van der Waals surface area contributed by atoms with Crippen molar-refractivity contribution >= 4 is 12.1 Å². The number of carbonyl (C=O) groups excluding carboxylic acids is 2. The van der Waals surface area contributed by atoms with E-state index in [0.717, 1.165) is 18.9 Å². The van der Waals surface area contributed by atoms with Gasteiger partial charge in [0.25, 0.3) is 5.92 Å². The molecule has 1 amide bonds. The van der Waals surface area contributed by atoms with Crippen LogP contribution in [0.4, 0.5) is 13.6 Å². The second-order valence-corrected chi connectivity index (χ2v) is 6.18. The standard InChI is InChI=1S/C13H21F2NO4/c1-8-7-16(10(18)20-11(2,3)4)12(5,9(17)19-6)13(8,14)15/h8H,7H2,1-6H3. The number of halogens is 2. The van der Waals surface area contributed by atoms with Crippen LogP contribution in [0, 0.1) is 5.92 Å². The Balaban J connectivity index is 3.19. The molecule has 5 nitrogen and oxygen atoms in total. The fourth-order valence-electron chi connectivity index (χ4n) is 2.25. The molecule has 0 N–H and O–H groups in total. The number of rotatable bonds is 1. The molecule has 1 heterocycles. The van der Waals surface area contributed by atoms with Crippen LogP contribution in [0.25, 0.3) is 0 Å². The maximum Gasteiger partial charge on any atom is 0.411 e. The average Bonchev–Trinajstić information content (AvgIpc) is 2.47. The van der Waals surface area contributed by atoms with E-state index in [0.29, 0.717) is 0 Å². The Morgan fingerprint density at radius 2 is 1.80 bits per heavy atom. The first-order chi connectivity index (χ1) is 8.88. The third kappa shape index (κ3) is 2.45. The molecule has 0 spiro atoms. The number of amides is 1. The van der Waals surface area contributed by atoms with Gasteiger partial charge in [-0.05, 0) is 27.7 Å². The molecule has 0 aromatic carbocycles. The number of likely N-dealkylation sites (tertiary alicyclic amines) is 1. The van der Waals surface area contributed by atoms with E-state index in [1.165, 1.54) is 6.92 Å². The fraction of sp³-hybridized carbons (Fsp3) is 0.846. The van der Waals surface area contributed by atoms with Gasteiger partial charge in [-0.2, -0.15) is 0 Å². The minimum atomic E-state index is -3.39. The molecule has 1 aliphatic heterocycles. The van der Waals surface area contributed by atoms with Gasteiger partial charge in [0.05, 0.1) is 7.11 Å². The zero-order valence-electron chi connectivity index (χ0n) is 12.6. The van der Waals surface area contributed by atoms with Gasteiger partial charge in [-0.3, -0.25) is 4.90 Å². The number of hydrogen-bond acceptors (Lipinski definition) is 4. The minimum absolute atomic E-state index is 0.270. The third-order valence-corrected chi connectivity index (χ3v) is 3.46. The van der Waals surface area contributed by atoms with Crippen molar-refractivity contribution in [3.05, 3.63) is 0 Å². The molecule has 0 aliphatic carbocycles. The lowest BCUT2D eigenvalue weighted by molar-refractivity contribution is -0.174. The van der Waals surface area contributed by atoms with Crippen LogP contribution in [-0.4, -0.2) is 47.7 Å². The first kappa shape index (κ1) is 16.7. The Morgan fingerprint density at radius 1 is 1.30 bits per heavy atom. The third-order valence-electron chi connectivity index (χ3n) is 3.46. The summed E-state index contributed by atoms with van der Waals surface area (Å²) in [7, 11) is 1.01. The monoisotopic (exact) mass is 293 g/mol. The molecule has 1 aliphatic rings. The predicted molar refractivity (Wildman–Crippen MR) is 67.5 cm³/mol. The summed E-state index contributed by atoms with van der Waals surface area (Å²) in [5.41, 5.74) is -3.20. The molecule has 1 rings (SSSR count). The van der Waals surface area contributed by atoms with E-state index in [1.54, 1.807) is 20.8 Å². The minimum Gasteiger partial charge on any atom is -0.467 e. The van der Waals surface area contributed by atoms with Crippen molar-refractivity contribution in [2.45, 2.75) is 51.7 Å². The summed E-state index contributed by atoms with van der Waals surface area (Å²) in [5.74, 6) is -5.71. The normalized spacial score (nSPS) is 29.2. The highest BCUT2D eigenvalue weighted by Gasteiger charge is 2.69. The summed E-state index contributed by atoms with van der Waals surface area (Å²) < 4.78 is 38.2. The van der Waals surface area contributed by atoms with Gasteiger partial charge in [0, 0.05) is 12.5 Å². The highest BCUT2D eigenvalue weighted by atomic mass is 19.3. The summed E-state index contributed by atoms with van der Waals surface area (Å²) in [6.07, 6.45) is -0.950. The summed E-state index contributed by atoms with van der Waals surface area (Å²) in [5, 5.41) is 0. The van der Waals surface area contributed by atoms with Crippen LogP contribution in [0.5, 0.6) is 0 Å². The van der Waals surface area contributed by atoms with Gasteiger partial charge in [-0.1, -0.05) is 6.92 Å². The van der Waals surface area contributed by atoms with Crippen molar-refractivity contribution in [1.29, 1.82) is 0 Å². The van der Waals surface area contributed by atoms with Crippen LogP contribution in [0.3, 0.4) is 0 Å². The summed E-state index contributed by atoms with van der Waals surface area (Å²) in [6.45, 7) is 6.89. The SMILES string of the molecule is COC(=O)C1(C)N(C(=O)OC(C)(C)C)CC(C)C1(F)F. The molecule has 0 aromatic heterocycles. The Labute approximate surface area is 117 Å². The van der Waals surface area contributed by atoms with E-state index in [9.17, 15) is 18.4 Å². The van der Waals surface area contributed by atoms with Crippen LogP contribution < -0.4 is 0 Å². The number of ether oxygens (including phenoxy) is 2. The van der Waals surface area contributed by atoms with Crippen molar-refractivity contribution in [3.8, 4) is 0 Å². The van der Waals surface area contributed by atoms with E-state index < -0.39 is 35.0 Å². The van der Waals surface area contributed by atoms with Crippen molar-refractivity contribution in [3.63, 3.8) is 0 Å². The Kier molecular flexibility index (Phi) is 4.04. The van der Waals surface area contributed by atoms with Gasteiger partial charge in [-0.25, -0.2) is 18.4 Å². The maximum absolute atomic E-state index is 14.3. The van der Waals surface area contributed by atoms with Gasteiger partial charge in [0.1, 0.15) is 5.60 Å². The van der Waals surface area contributed by atoms with E-state index in [-0.39, 0.29) is 6.54 Å². The molecule has 0 radical (unpaired) electrons. The van der Waals surface area contributed by atoms with E-state index in [4.69, 9.17) is 4.74 Å². The molecule has 7 heteroatoms. The number of esters is 1. The lowest BCUT2D eigenvalue weighted by Gasteiger charge is -2.36. The first-order valence-corrected chi connectivity index (χ1v) is 6.34. The highest BCUT2D eigenvalue weighted by molar-refractivity contribution is 5.87. The number of hydrogen-bond donors (Lipinski definition) is 0. The number of nitrogens with zero attached hydrogens (tertiary/aromatic N) is 1. The maximum atomic E-state index is 14.3. The molecule has 2 unspecified atom stereocenters. The molecule has 0 aromatic rings. The van der Waals surface area contributed by atoms with Crippen molar-refractivity contribution in [1.82, 2.24) is 4.90 Å². The number of carbonyl (C=O) groups is 2. The molecule has 1 saturated heterocycles. The van der Waals surface area contributed by atoms with Gasteiger partial charge in [0.2, 0.25) is 5.54 Å². The lowest BCUT2D eigenvalue weighted by Crippen LogP contribution is -2.60. The van der Waals surface area contributed by atoms with Gasteiger partial charge in [-0.15, -0.1) is 0 Å². The first-order valence-electron chi connectivity index (χ1n) is 6.34. The second-order valence-electron chi connectivity index (χ2n) is 6.18. The van der Waals surface area contributed by atoms with Crippen LogP contribution in [0.15, 0.2) is 0 Å². The molecular formula is C13H21F2NO4. The summed E-state index contributed by atoms with van der Waals surface area (Å²) in [4.78, 5) is 24.7. The Hall–Kier alpha value is -1.40. The summed E-state index contributed by atoms with van der Waals surface area (Å²) in [6, 6.07) is 0. The lowest BCUT2D eigenvalue weighted by atomic mass is 9.90. The van der Waals surface area contributed by atoms with E-state index in [2.05, 4.69) is 4.74 Å². The molecule has 0 bridgehead atoms. The largest absolute Gasteiger partial charge is 0.467 e. The molecule has 0 saturated carbocycles. The molecule has 116 valence electrons. The van der Waals surface area contributed by atoms with Crippen LogP contribution in [0.2, 0.25) is 0 Å². The van der Waals surface area contributed by atoms with Crippen molar-refractivity contribution < 1.29 is 27.8 Å². The van der Waals surface area contributed by atoms with Crippen molar-refractivity contribution in [2.75, 3.05) is 13.7 Å². The topological polar surface area (TPSA) is 55.8 Å². The van der Waals surface area contributed by atoms with Crippen molar-refractivity contribution in [2.24, 2.45) is 5.92 Å². The van der Waals surface area contributed by atoms with Gasteiger partial charge < -0.3 is 9.47 Å². The van der Waals surface area contributed by atoms with Crippen LogP contribution >= 0.6 is 0 Å². The predicted octanol–water partition coefficient (Wildman–Crippen LogP) is 2.44. The summed E-state index contributed by atoms with van der Waals surface area (Å²) >= 11 is 0. The van der Waals surface area contributed by atoms with Gasteiger partial charge in [0.15, 0.2) is 0 Å². The van der Waals surface area contributed by atoms with Crippen LogP contribution in [-0.2, 0) is 14.3 Å². The fourth-order valence-corrected chi connectivity index (χ4v) is 2.25. The quantitative estimate of drug-likeness (QED) is 0.697. The number of methoxy groups -OCH3 is 1.